The number of hydrogen-bond donors (Lipinski definition) is 0. The van der Waals surface area contributed by atoms with Crippen LogP contribution in [0.2, 0.25) is 25.1 Å². The average Bonchev–Trinajstić information content (AvgIpc) is 1.78. The summed E-state index contributed by atoms with van der Waals surface area (Å²) < 4.78 is 217. The number of rotatable bonds is 25. The summed E-state index contributed by atoms with van der Waals surface area (Å²) in [6.07, 6.45) is -12.3. The molecular formula is C85H67Cl5F13N20O12SY5-5. The Balaban J connectivity index is 0.000000268. The van der Waals surface area contributed by atoms with Crippen LogP contribution in [0.1, 0.15) is 73.2 Å². The van der Waals surface area contributed by atoms with Crippen molar-refractivity contribution in [1.29, 1.82) is 0 Å². The Morgan fingerprint density at radius 2 is 0.603 bits per heavy atom. The first kappa shape index (κ1) is 121. The van der Waals surface area contributed by atoms with Crippen molar-refractivity contribution < 1.29 is 254 Å². The molecule has 0 N–H and O–H groups in total. The number of ether oxygens (including phenoxy) is 7. The number of aryl methyl sites for hydroxylation is 10. The van der Waals surface area contributed by atoms with E-state index in [1.165, 1.54) is 132 Å². The van der Waals surface area contributed by atoms with Gasteiger partial charge in [0.15, 0.2) is 0 Å². The van der Waals surface area contributed by atoms with Gasteiger partial charge in [-0.3, -0.25) is 0 Å². The van der Waals surface area contributed by atoms with E-state index in [2.05, 4.69) is 91.9 Å². The molecule has 0 spiro atoms. The van der Waals surface area contributed by atoms with E-state index in [9.17, 15) is 81.0 Å². The summed E-state index contributed by atoms with van der Waals surface area (Å²) in [4.78, 5) is 60.7. The molecule has 56 heteroatoms. The number of hydrogen-bond acceptors (Lipinski definition) is 23. The van der Waals surface area contributed by atoms with E-state index in [1.54, 1.807) is 77.1 Å². The van der Waals surface area contributed by atoms with Crippen LogP contribution in [0.3, 0.4) is 0 Å². The van der Waals surface area contributed by atoms with Crippen molar-refractivity contribution in [3.8, 4) is 68.7 Å². The van der Waals surface area contributed by atoms with Crippen molar-refractivity contribution in [2.45, 2.75) is 104 Å². The standard InChI is InChI=1S/C17H13ClF3N4O3.C17H13ClF3N4O2S.C17H13ClF3N4O2.C17H14ClF2N4O3.C17H14ClF2N4O2.5Y/c1-10-6-7-11(18)8-15(10)27-9-12-13(25-16(26)24(2)22-23-25)4-3-5-14(12)28-17(19,20)21;1-10-6-7-11(18)8-14(10)27-9-12-13(25-16(26)24(2)22-23-25)4-3-5-15(12)28-17(19,20)21;1-10-6-7-11(18)8-15(10)27-9-12-13(17(19,20)21)4-3-5-14(12)25-16(26)24(2)22-23-25;1-10-6-7-11(18)8-15(10)26-9-12-13(24-17(25)23(2)21-22-24)4-3-5-14(12)27-16(19)20;1-10-6-7-11(18)8-15(10)26-9-13-12(16(19)20)4-3-5-14(13)24-17(25)23(2)21-22-24;;;;;/h2*3-6,8H,9H2,1-2H3;3-6,8H,9H2,1-2H3;3-6,8,16H,9H2,1-2H3;3-6,8,16H,9H2,1-2H3;;;;;/q5*-1;;;;;. The third-order valence-corrected chi connectivity index (χ3v) is 20.8. The average molecular weight is 2460 g/mol. The zero-order valence-corrected chi connectivity index (χ0v) is 93.4. The van der Waals surface area contributed by atoms with E-state index >= 15 is 0 Å². The van der Waals surface area contributed by atoms with Gasteiger partial charge < -0.3 is 33.2 Å². The summed E-state index contributed by atoms with van der Waals surface area (Å²) >= 11 is 29.2. The first-order chi connectivity index (χ1) is 64.2. The van der Waals surface area contributed by atoms with Gasteiger partial charge in [-0.2, -0.15) is 143 Å². The first-order valence-corrected chi connectivity index (χ1v) is 41.4. The van der Waals surface area contributed by atoms with Gasteiger partial charge in [0, 0.05) is 255 Å². The third kappa shape index (κ3) is 32.5. The fourth-order valence-corrected chi connectivity index (χ4v) is 13.6. The van der Waals surface area contributed by atoms with Gasteiger partial charge in [-0.15, -0.1) is 129 Å². The number of tetrazole rings is 5. The minimum absolute atomic E-state index is 0. The van der Waals surface area contributed by atoms with Crippen LogP contribution in [0.15, 0.2) is 181 Å². The summed E-state index contributed by atoms with van der Waals surface area (Å²) in [6.45, 7) is 4.35. The molecule has 5 radical (unpaired) electrons. The van der Waals surface area contributed by atoms with Crippen LogP contribution in [0.25, 0.3) is 28.4 Å². The van der Waals surface area contributed by atoms with E-state index in [4.69, 9.17) is 81.7 Å². The summed E-state index contributed by atoms with van der Waals surface area (Å²) in [5.41, 5.74) is -4.36. The van der Waals surface area contributed by atoms with Crippen LogP contribution in [0.4, 0.5) is 57.1 Å². The van der Waals surface area contributed by atoms with E-state index in [0.29, 0.717) is 60.5 Å². The first-order valence-electron chi connectivity index (χ1n) is 38.6. The van der Waals surface area contributed by atoms with Crippen LogP contribution in [0, 0.1) is 65.0 Å². The maximum absolute atomic E-state index is 13.5. The molecule has 0 amide bonds. The maximum Gasteiger partial charge on any atom is 0.573 e. The topological polar surface area (TPSA) is 328 Å². The van der Waals surface area contributed by atoms with E-state index in [-0.39, 0.29) is 284 Å². The predicted octanol–water partition coefficient (Wildman–Crippen LogP) is 16.6. The van der Waals surface area contributed by atoms with Gasteiger partial charge in [0.2, 0.25) is 0 Å². The van der Waals surface area contributed by atoms with Gasteiger partial charge in [0.25, 0.3) is 6.43 Å². The Bertz CT molecular complexity index is 6980. The molecule has 0 aliphatic rings. The summed E-state index contributed by atoms with van der Waals surface area (Å²) in [5.74, 6) is 1.29. The molecule has 731 valence electrons. The van der Waals surface area contributed by atoms with Crippen molar-refractivity contribution in [2.75, 3.05) is 0 Å². The van der Waals surface area contributed by atoms with Crippen LogP contribution >= 0.6 is 69.8 Å². The predicted molar refractivity (Wildman–Crippen MR) is 465 cm³/mol. The Labute approximate surface area is 945 Å². The number of alkyl halides is 13. The molecule has 0 saturated carbocycles. The summed E-state index contributed by atoms with van der Waals surface area (Å²) in [7, 11) is 6.95. The maximum atomic E-state index is 13.5. The zero-order chi connectivity index (χ0) is 99.1. The molecule has 10 aromatic carbocycles. The molecule has 0 aliphatic heterocycles. The van der Waals surface area contributed by atoms with Gasteiger partial charge in [-0.05, 0) is 118 Å². The molecule has 0 aliphatic carbocycles. The molecule has 15 aromatic rings. The molecule has 5 aromatic heterocycles. The molecule has 0 unspecified atom stereocenters. The summed E-state index contributed by atoms with van der Waals surface area (Å²) in [5, 5.41) is 38.0. The Morgan fingerprint density at radius 3 is 0.894 bits per heavy atom. The molecule has 15 rings (SSSR count). The van der Waals surface area contributed by atoms with E-state index in [0.717, 1.165) is 70.1 Å². The molecule has 0 bridgehead atoms. The smallest absolute Gasteiger partial charge is 0.514 e. The Kier molecular flexibility index (Phi) is 46.5. The monoisotopic (exact) mass is 2460 g/mol. The number of aromatic nitrogens is 20. The quantitative estimate of drug-likeness (QED) is 0.0291. The second-order valence-electron chi connectivity index (χ2n) is 28.3. The number of thioether (sulfide) groups is 1. The Morgan fingerprint density at radius 1 is 0.340 bits per heavy atom. The molecule has 0 saturated heterocycles. The van der Waals surface area contributed by atoms with Gasteiger partial charge in [0.05, 0.1) is 45.1 Å². The second kappa shape index (κ2) is 54.1. The van der Waals surface area contributed by atoms with Crippen molar-refractivity contribution in [3.05, 3.63) is 326 Å². The fraction of sp³-hybridized carbons (Fsp3) is 0.235. The third-order valence-electron chi connectivity index (χ3n) is 18.8. The van der Waals surface area contributed by atoms with E-state index in [1.807, 2.05) is 0 Å². The largest absolute Gasteiger partial charge is 0.573 e. The van der Waals surface area contributed by atoms with Crippen molar-refractivity contribution in [1.82, 2.24) is 99.0 Å². The minimum atomic E-state index is -4.93. The van der Waals surface area contributed by atoms with Gasteiger partial charge in [0.1, 0.15) is 44.5 Å². The molecular weight excluding hydrogens is 2390 g/mol. The number of benzene rings is 10. The molecule has 32 nitrogen and oxygen atoms in total. The van der Waals surface area contributed by atoms with Crippen LogP contribution in [-0.2, 0) is 238 Å². The van der Waals surface area contributed by atoms with Gasteiger partial charge in [-0.1, -0.05) is 96.1 Å². The zero-order valence-electron chi connectivity index (χ0n) is 74.6. The SMILES string of the molecule is Cc1c[c-]c(Cl)cc1OCc1c(-n2nnn(C)c2=O)cccc1C(F)(F)F.Cc1c[c-]c(Cl)cc1OCc1c(C(F)F)cccc1-n1nnn(C)c1=O.Cc1c[c-]c(Cl)cc1OCc1c(OC(F)(F)F)cccc1-n1nnn(C)c1=O.Cc1c[c-]c(Cl)cc1OCc1c(OC(F)F)cccc1-n1nnn(C)c1=O.Cc1c[c-]c(Cl)cc1OCc1c(SC(F)(F)F)cccc1-n1nnn(C)c1=O.[Y].[Y].[Y].[Y].[Y]. The molecule has 5 heterocycles. The van der Waals surface area contributed by atoms with Crippen molar-refractivity contribution in [3.63, 3.8) is 0 Å². The molecule has 0 atom stereocenters. The fourth-order valence-electron chi connectivity index (χ4n) is 12.1. The van der Waals surface area contributed by atoms with Crippen LogP contribution < -0.4 is 61.6 Å². The van der Waals surface area contributed by atoms with Gasteiger partial charge >= 0.3 is 53.1 Å². The van der Waals surface area contributed by atoms with Crippen LogP contribution in [0.5, 0.6) is 40.2 Å². The van der Waals surface area contributed by atoms with E-state index < -0.39 is 77.5 Å². The normalized spacial score (nSPS) is 11.0. The van der Waals surface area contributed by atoms with Crippen LogP contribution in [-0.4, -0.2) is 117 Å². The summed E-state index contributed by atoms with van der Waals surface area (Å²) in [6, 6.07) is 49.7. The number of halogens is 18. The Hall–Kier alpha value is -8.44. The van der Waals surface area contributed by atoms with Crippen molar-refractivity contribution in [2.24, 2.45) is 35.2 Å². The van der Waals surface area contributed by atoms with Gasteiger partial charge in [-0.25, -0.2) is 32.8 Å². The molecule has 0 fully saturated rings. The minimum Gasteiger partial charge on any atom is -0.514 e. The molecule has 141 heavy (non-hydrogen) atoms. The second-order valence-corrected chi connectivity index (χ2v) is 31.4. The van der Waals surface area contributed by atoms with Crippen molar-refractivity contribution >= 4 is 69.8 Å². The number of nitrogens with zero attached hydrogens (tertiary/aromatic N) is 20.